The predicted octanol–water partition coefficient (Wildman–Crippen LogP) is 4.81. The number of fused-ring (bicyclic) bond motifs is 1. The van der Waals surface area contributed by atoms with Gasteiger partial charge in [0.1, 0.15) is 16.6 Å². The molecule has 0 spiro atoms. The van der Waals surface area contributed by atoms with Gasteiger partial charge in [0, 0.05) is 10.9 Å². The SMILES string of the molecule is CC[C@@H](C)OC(=O)[C@H](C)n1cnc2scc(-c3ccc(OC(C)C)cc3)c2c1=O. The van der Waals surface area contributed by atoms with Gasteiger partial charge in [0.15, 0.2) is 0 Å². The predicted molar refractivity (Wildman–Crippen MR) is 116 cm³/mol. The fourth-order valence-electron chi connectivity index (χ4n) is 2.91. The third kappa shape index (κ3) is 4.50. The minimum absolute atomic E-state index is 0.0934. The Labute approximate surface area is 174 Å². The lowest BCUT2D eigenvalue weighted by Crippen LogP contribution is -2.31. The summed E-state index contributed by atoms with van der Waals surface area (Å²) in [6.07, 6.45) is 2.04. The molecule has 1 aromatic carbocycles. The van der Waals surface area contributed by atoms with E-state index in [1.807, 2.05) is 57.3 Å². The molecule has 0 radical (unpaired) electrons. The minimum atomic E-state index is -0.747. The monoisotopic (exact) mass is 414 g/mol. The van der Waals surface area contributed by atoms with Crippen LogP contribution in [0.15, 0.2) is 40.8 Å². The third-order valence-corrected chi connectivity index (χ3v) is 5.59. The number of hydrogen-bond acceptors (Lipinski definition) is 6. The van der Waals surface area contributed by atoms with Crippen molar-refractivity contribution in [2.75, 3.05) is 0 Å². The molecule has 0 aliphatic rings. The van der Waals surface area contributed by atoms with Gasteiger partial charge in [-0.05, 0) is 51.8 Å². The van der Waals surface area contributed by atoms with Crippen LogP contribution in [0.4, 0.5) is 0 Å². The molecular formula is C22H26N2O4S. The number of aromatic nitrogens is 2. The second-order valence-electron chi connectivity index (χ2n) is 7.31. The van der Waals surface area contributed by atoms with Crippen LogP contribution in [-0.2, 0) is 9.53 Å². The number of hydrogen-bond donors (Lipinski definition) is 0. The highest BCUT2D eigenvalue weighted by atomic mass is 32.1. The highest BCUT2D eigenvalue weighted by Crippen LogP contribution is 2.32. The van der Waals surface area contributed by atoms with Gasteiger partial charge in [-0.15, -0.1) is 11.3 Å². The molecule has 2 aromatic heterocycles. The maximum atomic E-state index is 13.2. The molecule has 0 unspecified atom stereocenters. The maximum absolute atomic E-state index is 13.2. The average molecular weight is 415 g/mol. The van der Waals surface area contributed by atoms with Crippen molar-refractivity contribution in [3.8, 4) is 16.9 Å². The Morgan fingerprint density at radius 2 is 1.86 bits per heavy atom. The first kappa shape index (κ1) is 21.0. The van der Waals surface area contributed by atoms with Crippen LogP contribution in [0.2, 0.25) is 0 Å². The normalized spacial score (nSPS) is 13.4. The summed E-state index contributed by atoms with van der Waals surface area (Å²) in [5.74, 6) is 0.342. The molecule has 0 aliphatic heterocycles. The molecule has 0 amide bonds. The summed E-state index contributed by atoms with van der Waals surface area (Å²) in [6.45, 7) is 9.38. The summed E-state index contributed by atoms with van der Waals surface area (Å²) < 4.78 is 12.4. The van der Waals surface area contributed by atoms with Crippen molar-refractivity contribution < 1.29 is 14.3 Å². The van der Waals surface area contributed by atoms with Crippen LogP contribution in [0.3, 0.4) is 0 Å². The van der Waals surface area contributed by atoms with E-state index in [4.69, 9.17) is 9.47 Å². The van der Waals surface area contributed by atoms with E-state index in [1.54, 1.807) is 6.92 Å². The summed E-state index contributed by atoms with van der Waals surface area (Å²) in [6, 6.07) is 6.88. The minimum Gasteiger partial charge on any atom is -0.491 e. The first-order chi connectivity index (χ1) is 13.8. The topological polar surface area (TPSA) is 70.4 Å². The summed E-state index contributed by atoms with van der Waals surface area (Å²) in [7, 11) is 0. The Kier molecular flexibility index (Phi) is 6.37. The summed E-state index contributed by atoms with van der Waals surface area (Å²) in [5, 5.41) is 2.43. The number of carbonyl (C=O) groups excluding carboxylic acids is 1. The van der Waals surface area contributed by atoms with Crippen molar-refractivity contribution in [2.24, 2.45) is 0 Å². The smallest absolute Gasteiger partial charge is 0.329 e. The van der Waals surface area contributed by atoms with Crippen molar-refractivity contribution >= 4 is 27.5 Å². The number of rotatable bonds is 7. The van der Waals surface area contributed by atoms with Crippen LogP contribution in [0.5, 0.6) is 5.75 Å². The molecule has 3 rings (SSSR count). The zero-order valence-corrected chi connectivity index (χ0v) is 18.2. The second-order valence-corrected chi connectivity index (χ2v) is 8.17. The zero-order valence-electron chi connectivity index (χ0n) is 17.3. The van der Waals surface area contributed by atoms with Gasteiger partial charge in [0.05, 0.1) is 23.9 Å². The second kappa shape index (κ2) is 8.78. The number of thiophene rings is 1. The molecule has 2 atom stereocenters. The number of esters is 1. The van der Waals surface area contributed by atoms with E-state index < -0.39 is 12.0 Å². The van der Waals surface area contributed by atoms with Gasteiger partial charge >= 0.3 is 5.97 Å². The molecule has 6 nitrogen and oxygen atoms in total. The maximum Gasteiger partial charge on any atom is 0.329 e. The largest absolute Gasteiger partial charge is 0.491 e. The Bertz CT molecular complexity index is 1050. The lowest BCUT2D eigenvalue weighted by atomic mass is 10.1. The molecule has 0 saturated heterocycles. The Morgan fingerprint density at radius 1 is 1.17 bits per heavy atom. The third-order valence-electron chi connectivity index (χ3n) is 4.71. The first-order valence-electron chi connectivity index (χ1n) is 9.77. The standard InChI is InChI=1S/C22H26N2O4S/c1-6-14(4)28-22(26)15(5)24-12-23-20-19(21(24)25)18(11-29-20)16-7-9-17(10-8-16)27-13(2)3/h7-15H,6H2,1-5H3/t14-,15+/m1/s1. The summed E-state index contributed by atoms with van der Waals surface area (Å²) in [4.78, 5) is 30.6. The Morgan fingerprint density at radius 3 is 2.48 bits per heavy atom. The summed E-state index contributed by atoms with van der Waals surface area (Å²) >= 11 is 1.41. The van der Waals surface area contributed by atoms with Crippen molar-refractivity contribution in [2.45, 2.75) is 59.3 Å². The molecule has 0 aliphatic carbocycles. The van der Waals surface area contributed by atoms with Gasteiger partial charge in [-0.2, -0.15) is 0 Å². The van der Waals surface area contributed by atoms with Crippen molar-refractivity contribution in [3.05, 3.63) is 46.3 Å². The summed E-state index contributed by atoms with van der Waals surface area (Å²) in [5.41, 5.74) is 1.46. The van der Waals surface area contributed by atoms with E-state index in [9.17, 15) is 9.59 Å². The highest BCUT2D eigenvalue weighted by Gasteiger charge is 2.22. The molecule has 154 valence electrons. The molecule has 0 saturated carbocycles. The van der Waals surface area contributed by atoms with Crippen LogP contribution < -0.4 is 10.3 Å². The van der Waals surface area contributed by atoms with Crippen LogP contribution in [0, 0.1) is 0 Å². The number of carbonyl (C=O) groups is 1. The van der Waals surface area contributed by atoms with E-state index in [-0.39, 0.29) is 17.8 Å². The van der Waals surface area contributed by atoms with Crippen LogP contribution >= 0.6 is 11.3 Å². The Balaban J connectivity index is 1.98. The van der Waals surface area contributed by atoms with Gasteiger partial charge in [0.25, 0.3) is 5.56 Å². The molecular weight excluding hydrogens is 388 g/mol. The van der Waals surface area contributed by atoms with E-state index in [2.05, 4.69) is 4.98 Å². The van der Waals surface area contributed by atoms with Crippen LogP contribution in [0.25, 0.3) is 21.3 Å². The lowest BCUT2D eigenvalue weighted by molar-refractivity contribution is -0.152. The van der Waals surface area contributed by atoms with Crippen LogP contribution in [-0.4, -0.2) is 27.7 Å². The fraction of sp³-hybridized carbons (Fsp3) is 0.409. The molecule has 29 heavy (non-hydrogen) atoms. The van der Waals surface area contributed by atoms with Gasteiger partial charge in [-0.1, -0.05) is 19.1 Å². The van der Waals surface area contributed by atoms with Crippen molar-refractivity contribution in [3.63, 3.8) is 0 Å². The van der Waals surface area contributed by atoms with Crippen molar-refractivity contribution in [1.29, 1.82) is 0 Å². The molecule has 7 heteroatoms. The zero-order chi connectivity index (χ0) is 21.1. The van der Waals surface area contributed by atoms with Gasteiger partial charge in [-0.3, -0.25) is 9.36 Å². The molecule has 0 N–H and O–H groups in total. The number of nitrogens with zero attached hydrogens (tertiary/aromatic N) is 2. The van der Waals surface area contributed by atoms with E-state index >= 15 is 0 Å². The highest BCUT2D eigenvalue weighted by molar-refractivity contribution is 7.17. The van der Waals surface area contributed by atoms with Gasteiger partial charge in [-0.25, -0.2) is 9.78 Å². The Hall–Kier alpha value is -2.67. The lowest BCUT2D eigenvalue weighted by Gasteiger charge is -2.17. The van der Waals surface area contributed by atoms with E-state index in [0.717, 1.165) is 23.3 Å². The van der Waals surface area contributed by atoms with Gasteiger partial charge < -0.3 is 9.47 Å². The fourth-order valence-corrected chi connectivity index (χ4v) is 3.82. The van der Waals surface area contributed by atoms with Crippen molar-refractivity contribution in [1.82, 2.24) is 9.55 Å². The van der Waals surface area contributed by atoms with E-state index in [0.29, 0.717) is 10.2 Å². The molecule has 0 bridgehead atoms. The quantitative estimate of drug-likeness (QED) is 0.519. The molecule has 2 heterocycles. The molecule has 3 aromatic rings. The number of benzene rings is 1. The van der Waals surface area contributed by atoms with Gasteiger partial charge in [0.2, 0.25) is 0 Å². The van der Waals surface area contributed by atoms with E-state index in [1.165, 1.54) is 22.2 Å². The van der Waals surface area contributed by atoms with Crippen LogP contribution in [0.1, 0.15) is 47.1 Å². The average Bonchev–Trinajstić information content (AvgIpc) is 3.12. The molecule has 0 fully saturated rings. The number of ether oxygens (including phenoxy) is 2. The first-order valence-corrected chi connectivity index (χ1v) is 10.7.